The highest BCUT2D eigenvalue weighted by Gasteiger charge is 2.30. The van der Waals surface area contributed by atoms with E-state index < -0.39 is 17.7 Å². The molecule has 19 heavy (non-hydrogen) atoms. The number of nitrogens with zero attached hydrogens (tertiary/aromatic N) is 1. The fourth-order valence-corrected chi connectivity index (χ4v) is 1.62. The lowest BCUT2D eigenvalue weighted by Gasteiger charge is -2.09. The second kappa shape index (κ2) is 4.42. The van der Waals surface area contributed by atoms with Gasteiger partial charge >= 0.3 is 12.1 Å². The summed E-state index contributed by atoms with van der Waals surface area (Å²) in [5, 5.41) is 12.0. The van der Waals surface area contributed by atoms with Crippen LogP contribution in [0.3, 0.4) is 0 Å². The van der Waals surface area contributed by atoms with Crippen molar-refractivity contribution in [1.82, 2.24) is 5.16 Å². The van der Waals surface area contributed by atoms with Crippen LogP contribution >= 0.6 is 0 Å². The third-order valence-electron chi connectivity index (χ3n) is 2.55. The summed E-state index contributed by atoms with van der Waals surface area (Å²) in [5.74, 6) is -1.15. The Labute approximate surface area is 105 Å². The Kier molecular flexibility index (Phi) is 3.05. The van der Waals surface area contributed by atoms with E-state index in [1.807, 2.05) is 0 Å². The molecule has 0 unspecified atom stereocenters. The van der Waals surface area contributed by atoms with Crippen LogP contribution in [0, 0.1) is 6.92 Å². The number of hydrogen-bond acceptors (Lipinski definition) is 3. The maximum atomic E-state index is 12.5. The molecule has 0 aliphatic rings. The maximum Gasteiger partial charge on any atom is 0.416 e. The first-order chi connectivity index (χ1) is 8.79. The molecule has 0 amide bonds. The topological polar surface area (TPSA) is 63.3 Å². The predicted molar refractivity (Wildman–Crippen MR) is 58.6 cm³/mol. The Morgan fingerprint density at radius 1 is 1.32 bits per heavy atom. The third kappa shape index (κ3) is 2.59. The van der Waals surface area contributed by atoms with Crippen molar-refractivity contribution in [2.75, 3.05) is 0 Å². The molecule has 1 aromatic heterocycles. The minimum Gasteiger partial charge on any atom is -0.476 e. The van der Waals surface area contributed by atoms with Crippen LogP contribution in [0.1, 0.15) is 21.6 Å². The van der Waals surface area contributed by atoms with Crippen molar-refractivity contribution in [3.05, 3.63) is 41.1 Å². The number of aryl methyl sites for hydroxylation is 1. The second-order valence-corrected chi connectivity index (χ2v) is 3.91. The largest absolute Gasteiger partial charge is 0.476 e. The van der Waals surface area contributed by atoms with Crippen LogP contribution in [0.25, 0.3) is 11.3 Å². The zero-order chi connectivity index (χ0) is 14.2. The first kappa shape index (κ1) is 13.1. The Morgan fingerprint density at radius 2 is 2.00 bits per heavy atom. The van der Waals surface area contributed by atoms with Crippen molar-refractivity contribution in [2.24, 2.45) is 0 Å². The van der Waals surface area contributed by atoms with E-state index in [9.17, 15) is 18.0 Å². The molecular weight excluding hydrogens is 263 g/mol. The Morgan fingerprint density at radius 3 is 2.47 bits per heavy atom. The number of carboxylic acids is 1. The molecule has 1 N–H and O–H groups in total. The predicted octanol–water partition coefficient (Wildman–Crippen LogP) is 3.37. The summed E-state index contributed by atoms with van der Waals surface area (Å²) < 4.78 is 42.3. The number of aromatic nitrogens is 1. The molecule has 4 nitrogen and oxygen atoms in total. The second-order valence-electron chi connectivity index (χ2n) is 3.91. The van der Waals surface area contributed by atoms with E-state index in [0.717, 1.165) is 18.2 Å². The highest BCUT2D eigenvalue weighted by Crippen LogP contribution is 2.33. The van der Waals surface area contributed by atoms with Crippen molar-refractivity contribution in [2.45, 2.75) is 13.1 Å². The minimum atomic E-state index is -4.42. The lowest BCUT2D eigenvalue weighted by atomic mass is 10.0. The smallest absolute Gasteiger partial charge is 0.416 e. The van der Waals surface area contributed by atoms with Crippen LogP contribution in [0.2, 0.25) is 0 Å². The average Bonchev–Trinajstić information content (AvgIpc) is 2.76. The molecule has 7 heteroatoms. The number of halogens is 3. The molecule has 0 aliphatic carbocycles. The maximum absolute atomic E-state index is 12.5. The third-order valence-corrected chi connectivity index (χ3v) is 2.55. The van der Waals surface area contributed by atoms with Gasteiger partial charge in [-0.05, 0) is 24.6 Å². The molecule has 2 aromatic rings. The van der Waals surface area contributed by atoms with Gasteiger partial charge < -0.3 is 9.63 Å². The van der Waals surface area contributed by atoms with E-state index in [0.29, 0.717) is 11.1 Å². The van der Waals surface area contributed by atoms with Gasteiger partial charge in [-0.3, -0.25) is 0 Å². The van der Waals surface area contributed by atoms with Crippen molar-refractivity contribution in [3.63, 3.8) is 0 Å². The van der Waals surface area contributed by atoms with Gasteiger partial charge in [0.15, 0.2) is 11.5 Å². The zero-order valence-electron chi connectivity index (χ0n) is 9.65. The molecule has 0 bridgehead atoms. The zero-order valence-corrected chi connectivity index (χ0v) is 9.65. The monoisotopic (exact) mass is 271 g/mol. The molecule has 2 rings (SSSR count). The minimum absolute atomic E-state index is 0.114. The van der Waals surface area contributed by atoms with Crippen LogP contribution in [-0.2, 0) is 6.18 Å². The number of alkyl halides is 3. The normalized spacial score (nSPS) is 11.6. The molecule has 0 atom stereocenters. The van der Waals surface area contributed by atoms with E-state index in [1.165, 1.54) is 13.0 Å². The summed E-state index contributed by atoms with van der Waals surface area (Å²) in [6, 6.07) is 4.27. The SMILES string of the molecule is Cc1cc(C(F)(F)F)ccc1-c1cc(C(=O)O)no1. The van der Waals surface area contributed by atoms with Gasteiger partial charge in [0.2, 0.25) is 0 Å². The van der Waals surface area contributed by atoms with Crippen LogP contribution in [0.15, 0.2) is 28.8 Å². The summed E-state index contributed by atoms with van der Waals surface area (Å²) in [6.07, 6.45) is -4.42. The van der Waals surface area contributed by atoms with Gasteiger partial charge in [-0.15, -0.1) is 0 Å². The first-order valence-corrected chi connectivity index (χ1v) is 5.17. The molecule has 0 radical (unpaired) electrons. The van der Waals surface area contributed by atoms with Crippen LogP contribution < -0.4 is 0 Å². The molecule has 0 saturated heterocycles. The quantitative estimate of drug-likeness (QED) is 0.909. The summed E-state index contributed by atoms with van der Waals surface area (Å²) >= 11 is 0. The lowest BCUT2D eigenvalue weighted by molar-refractivity contribution is -0.137. The summed E-state index contributed by atoms with van der Waals surface area (Å²) in [7, 11) is 0. The molecule has 100 valence electrons. The Bertz CT molecular complexity index is 631. The van der Waals surface area contributed by atoms with E-state index in [2.05, 4.69) is 5.16 Å². The summed E-state index contributed by atoms with van der Waals surface area (Å²) in [5.41, 5.74) is -0.378. The highest BCUT2D eigenvalue weighted by atomic mass is 19.4. The van der Waals surface area contributed by atoms with E-state index in [4.69, 9.17) is 9.63 Å². The van der Waals surface area contributed by atoms with Gasteiger partial charge in [-0.1, -0.05) is 11.2 Å². The van der Waals surface area contributed by atoms with Gasteiger partial charge in [-0.25, -0.2) is 4.79 Å². The highest BCUT2D eigenvalue weighted by molar-refractivity contribution is 5.86. The fraction of sp³-hybridized carbons (Fsp3) is 0.167. The first-order valence-electron chi connectivity index (χ1n) is 5.17. The molecular formula is C12H8F3NO3. The molecule has 1 aromatic carbocycles. The number of carboxylic acid groups (broad SMARTS) is 1. The number of benzene rings is 1. The summed E-state index contributed by atoms with van der Waals surface area (Å²) in [4.78, 5) is 10.6. The van der Waals surface area contributed by atoms with Gasteiger partial charge in [0, 0.05) is 11.6 Å². The van der Waals surface area contributed by atoms with Crippen LogP contribution in [-0.4, -0.2) is 16.2 Å². The lowest BCUT2D eigenvalue weighted by Crippen LogP contribution is -2.05. The average molecular weight is 271 g/mol. The summed E-state index contributed by atoms with van der Waals surface area (Å²) in [6.45, 7) is 1.48. The van der Waals surface area contributed by atoms with Crippen molar-refractivity contribution < 1.29 is 27.6 Å². The number of rotatable bonds is 2. The number of carbonyl (C=O) groups is 1. The Balaban J connectivity index is 2.43. The van der Waals surface area contributed by atoms with Gasteiger partial charge in [-0.2, -0.15) is 13.2 Å². The van der Waals surface area contributed by atoms with Crippen molar-refractivity contribution in [3.8, 4) is 11.3 Å². The fourth-order valence-electron chi connectivity index (χ4n) is 1.62. The van der Waals surface area contributed by atoms with Gasteiger partial charge in [0.05, 0.1) is 5.56 Å². The van der Waals surface area contributed by atoms with E-state index in [1.54, 1.807) is 0 Å². The standard InChI is InChI=1S/C12H8F3NO3/c1-6-4-7(12(13,14)15)2-3-8(6)10-5-9(11(17)18)16-19-10/h2-5H,1H3,(H,17,18). The van der Waals surface area contributed by atoms with Crippen molar-refractivity contribution >= 4 is 5.97 Å². The van der Waals surface area contributed by atoms with Gasteiger partial charge in [0.1, 0.15) is 0 Å². The Hall–Kier alpha value is -2.31. The molecule has 1 heterocycles. The molecule has 0 spiro atoms. The molecule has 0 fully saturated rings. The van der Waals surface area contributed by atoms with E-state index in [-0.39, 0.29) is 11.5 Å². The van der Waals surface area contributed by atoms with E-state index >= 15 is 0 Å². The van der Waals surface area contributed by atoms with Crippen LogP contribution in [0.4, 0.5) is 13.2 Å². The number of hydrogen-bond donors (Lipinski definition) is 1. The number of aromatic carboxylic acids is 1. The van der Waals surface area contributed by atoms with Crippen LogP contribution in [0.5, 0.6) is 0 Å². The molecule has 0 saturated carbocycles. The van der Waals surface area contributed by atoms with Crippen molar-refractivity contribution in [1.29, 1.82) is 0 Å². The molecule has 0 aliphatic heterocycles. The van der Waals surface area contributed by atoms with Gasteiger partial charge in [0.25, 0.3) is 0 Å².